The largest absolute Gasteiger partial charge is 0.392 e. The summed E-state index contributed by atoms with van der Waals surface area (Å²) < 4.78 is 0. The minimum atomic E-state index is 1.02. The molecule has 0 saturated carbocycles. The zero-order valence-electron chi connectivity index (χ0n) is 13.6. The van der Waals surface area contributed by atoms with E-state index in [0.29, 0.717) is 0 Å². The third-order valence-electron chi connectivity index (χ3n) is 3.73. The van der Waals surface area contributed by atoms with Crippen LogP contribution in [0, 0.1) is 6.92 Å². The molecule has 22 heavy (non-hydrogen) atoms. The Hall–Kier alpha value is -2.54. The van der Waals surface area contributed by atoms with Crippen molar-refractivity contribution in [3.8, 4) is 11.1 Å². The van der Waals surface area contributed by atoms with Crippen LogP contribution in [-0.2, 0) is 0 Å². The Bertz CT molecular complexity index is 706. The maximum Gasteiger partial charge on any atom is 0.00724 e. The maximum atomic E-state index is 4.21. The fourth-order valence-corrected chi connectivity index (χ4v) is 2.26. The van der Waals surface area contributed by atoms with Crippen LogP contribution in [-0.4, -0.2) is 7.05 Å². The summed E-state index contributed by atoms with van der Waals surface area (Å²) in [6, 6.07) is 17.0. The Labute approximate surface area is 133 Å². The van der Waals surface area contributed by atoms with E-state index >= 15 is 0 Å². The van der Waals surface area contributed by atoms with Crippen LogP contribution in [0.4, 0.5) is 0 Å². The Balaban J connectivity index is 2.29. The summed E-state index contributed by atoms with van der Waals surface area (Å²) in [6.07, 6.45) is 6.13. The van der Waals surface area contributed by atoms with E-state index in [-0.39, 0.29) is 0 Å². The first kappa shape index (κ1) is 15.8. The molecule has 0 saturated heterocycles. The first-order valence-corrected chi connectivity index (χ1v) is 7.50. The van der Waals surface area contributed by atoms with Crippen molar-refractivity contribution in [3.63, 3.8) is 0 Å². The van der Waals surface area contributed by atoms with Crippen molar-refractivity contribution >= 4 is 5.57 Å². The first-order chi connectivity index (χ1) is 10.6. The van der Waals surface area contributed by atoms with Gasteiger partial charge in [-0.25, -0.2) is 0 Å². The fraction of sp³-hybridized carbons (Fsp3) is 0.143. The Morgan fingerprint density at radius 1 is 1.05 bits per heavy atom. The zero-order chi connectivity index (χ0) is 15.9. The Morgan fingerprint density at radius 2 is 1.77 bits per heavy atom. The van der Waals surface area contributed by atoms with Gasteiger partial charge in [-0.3, -0.25) is 0 Å². The van der Waals surface area contributed by atoms with Crippen LogP contribution in [0.1, 0.15) is 18.1 Å². The van der Waals surface area contributed by atoms with Crippen LogP contribution < -0.4 is 5.32 Å². The molecule has 1 heteroatoms. The van der Waals surface area contributed by atoms with Gasteiger partial charge in [0.1, 0.15) is 0 Å². The molecule has 2 rings (SSSR count). The highest BCUT2D eigenvalue weighted by molar-refractivity contribution is 5.78. The van der Waals surface area contributed by atoms with Crippen molar-refractivity contribution < 1.29 is 0 Å². The molecule has 112 valence electrons. The molecular formula is C21H23N. The van der Waals surface area contributed by atoms with Crippen LogP contribution in [0.15, 0.2) is 79.0 Å². The molecule has 0 fully saturated rings. The standard InChI is InChI=1S/C21H23N/c1-16(9-8-10-18(3)22-4)21-15-20(14-13-17(21)2)19-11-6-5-7-12-19/h5-15,22H,1H2,2-4H3/b9-8-,18-10-. The summed E-state index contributed by atoms with van der Waals surface area (Å²) in [5, 5.41) is 3.10. The number of hydrogen-bond donors (Lipinski definition) is 1. The lowest BCUT2D eigenvalue weighted by atomic mass is 9.95. The zero-order valence-corrected chi connectivity index (χ0v) is 13.6. The molecule has 0 heterocycles. The van der Waals surface area contributed by atoms with Crippen molar-refractivity contribution in [2.75, 3.05) is 7.05 Å². The number of rotatable bonds is 5. The number of nitrogens with one attached hydrogen (secondary N) is 1. The second-order valence-corrected chi connectivity index (χ2v) is 5.38. The van der Waals surface area contributed by atoms with E-state index in [1.54, 1.807) is 0 Å². The molecule has 1 nitrogen and oxygen atoms in total. The normalized spacial score (nSPS) is 11.7. The van der Waals surface area contributed by atoms with Crippen LogP contribution >= 0.6 is 0 Å². The van der Waals surface area contributed by atoms with Crippen molar-refractivity contribution in [2.45, 2.75) is 13.8 Å². The highest BCUT2D eigenvalue weighted by Crippen LogP contribution is 2.26. The van der Waals surface area contributed by atoms with Crippen LogP contribution in [0.25, 0.3) is 16.7 Å². The molecule has 0 aliphatic heterocycles. The predicted octanol–water partition coefficient (Wildman–Crippen LogP) is 5.35. The molecule has 0 aliphatic rings. The smallest absolute Gasteiger partial charge is 0.00724 e. The second kappa shape index (κ2) is 7.46. The molecule has 0 unspecified atom stereocenters. The number of hydrogen-bond acceptors (Lipinski definition) is 1. The van der Waals surface area contributed by atoms with Gasteiger partial charge in [0, 0.05) is 12.7 Å². The van der Waals surface area contributed by atoms with E-state index in [9.17, 15) is 0 Å². The van der Waals surface area contributed by atoms with E-state index in [4.69, 9.17) is 0 Å². The lowest BCUT2D eigenvalue weighted by Gasteiger charge is -2.09. The minimum Gasteiger partial charge on any atom is -0.392 e. The molecule has 0 amide bonds. The van der Waals surface area contributed by atoms with E-state index in [0.717, 1.165) is 11.3 Å². The molecule has 0 aromatic heterocycles. The van der Waals surface area contributed by atoms with Crippen LogP contribution in [0.3, 0.4) is 0 Å². The van der Waals surface area contributed by atoms with Gasteiger partial charge in [0.05, 0.1) is 0 Å². The minimum absolute atomic E-state index is 1.02. The summed E-state index contributed by atoms with van der Waals surface area (Å²) in [5.74, 6) is 0. The van der Waals surface area contributed by atoms with Gasteiger partial charge in [-0.15, -0.1) is 0 Å². The monoisotopic (exact) mass is 289 g/mol. The number of allylic oxidation sites excluding steroid dienone is 5. The van der Waals surface area contributed by atoms with E-state index < -0.39 is 0 Å². The second-order valence-electron chi connectivity index (χ2n) is 5.38. The molecule has 0 aliphatic carbocycles. The number of aryl methyl sites for hydroxylation is 1. The Morgan fingerprint density at radius 3 is 2.45 bits per heavy atom. The molecular weight excluding hydrogens is 266 g/mol. The lowest BCUT2D eigenvalue weighted by Crippen LogP contribution is -2.00. The molecule has 1 N–H and O–H groups in total. The van der Waals surface area contributed by atoms with Gasteiger partial charge >= 0.3 is 0 Å². The SMILES string of the molecule is C=C(/C=C\C=C(\C)NC)c1cc(-c2ccccc2)ccc1C. The van der Waals surface area contributed by atoms with Crippen molar-refractivity contribution in [3.05, 3.63) is 90.2 Å². The van der Waals surface area contributed by atoms with Gasteiger partial charge in [-0.1, -0.05) is 61.2 Å². The van der Waals surface area contributed by atoms with Crippen molar-refractivity contribution in [1.29, 1.82) is 0 Å². The van der Waals surface area contributed by atoms with E-state index in [1.165, 1.54) is 22.3 Å². The first-order valence-electron chi connectivity index (χ1n) is 7.50. The van der Waals surface area contributed by atoms with Gasteiger partial charge in [-0.05, 0) is 53.8 Å². The average Bonchev–Trinajstić information content (AvgIpc) is 2.55. The van der Waals surface area contributed by atoms with Crippen molar-refractivity contribution in [1.82, 2.24) is 5.32 Å². The summed E-state index contributed by atoms with van der Waals surface area (Å²) in [7, 11) is 1.92. The summed E-state index contributed by atoms with van der Waals surface area (Å²) in [5.41, 5.74) is 7.02. The summed E-state index contributed by atoms with van der Waals surface area (Å²) >= 11 is 0. The molecule has 0 spiro atoms. The highest BCUT2D eigenvalue weighted by atomic mass is 14.8. The predicted molar refractivity (Wildman–Crippen MR) is 97.6 cm³/mol. The lowest BCUT2D eigenvalue weighted by molar-refractivity contribution is 0.990. The van der Waals surface area contributed by atoms with Gasteiger partial charge in [0.2, 0.25) is 0 Å². The summed E-state index contributed by atoms with van der Waals surface area (Å²) in [4.78, 5) is 0. The van der Waals surface area contributed by atoms with Gasteiger partial charge in [0.15, 0.2) is 0 Å². The number of benzene rings is 2. The third-order valence-corrected chi connectivity index (χ3v) is 3.73. The molecule has 0 radical (unpaired) electrons. The quantitative estimate of drug-likeness (QED) is 0.731. The van der Waals surface area contributed by atoms with Gasteiger partial charge in [0.25, 0.3) is 0 Å². The highest BCUT2D eigenvalue weighted by Gasteiger charge is 2.04. The third kappa shape index (κ3) is 3.98. The molecule has 2 aromatic carbocycles. The molecule has 2 aromatic rings. The topological polar surface area (TPSA) is 12.0 Å². The maximum absolute atomic E-state index is 4.21. The van der Waals surface area contributed by atoms with Gasteiger partial charge < -0.3 is 5.32 Å². The fourth-order valence-electron chi connectivity index (χ4n) is 2.26. The molecule has 0 bridgehead atoms. The van der Waals surface area contributed by atoms with Gasteiger partial charge in [-0.2, -0.15) is 0 Å². The average molecular weight is 289 g/mol. The van der Waals surface area contributed by atoms with E-state index in [2.05, 4.69) is 67.4 Å². The Kier molecular flexibility index (Phi) is 5.37. The summed E-state index contributed by atoms with van der Waals surface area (Å²) in [6.45, 7) is 8.37. The van der Waals surface area contributed by atoms with Crippen molar-refractivity contribution in [2.24, 2.45) is 0 Å². The van der Waals surface area contributed by atoms with Crippen LogP contribution in [0.5, 0.6) is 0 Å². The molecule has 0 atom stereocenters. The van der Waals surface area contributed by atoms with E-state index in [1.807, 2.05) is 32.2 Å². The van der Waals surface area contributed by atoms with Crippen LogP contribution in [0.2, 0.25) is 0 Å².